The van der Waals surface area contributed by atoms with E-state index in [0.717, 1.165) is 13.0 Å². The fourth-order valence-corrected chi connectivity index (χ4v) is 4.88. The molecule has 0 aromatic heterocycles. The molecular weight excluding hydrogens is 624 g/mol. The minimum atomic E-state index is -1.45. The maximum Gasteiger partial charge on any atom is 0.183 e. The molecule has 0 atom stereocenters. The smallest absolute Gasteiger partial charge is 0.183 e. The van der Waals surface area contributed by atoms with Gasteiger partial charge in [-0.25, -0.2) is 0 Å². The van der Waals surface area contributed by atoms with Crippen molar-refractivity contribution in [3.05, 3.63) is 0 Å². The first-order valence-electron chi connectivity index (χ1n) is 18.5. The van der Waals surface area contributed by atoms with Gasteiger partial charge in [0, 0.05) is 6.61 Å². The predicted octanol–water partition coefficient (Wildman–Crippen LogP) is 5.92. The van der Waals surface area contributed by atoms with Gasteiger partial charge < -0.3 is 51.8 Å². The lowest BCUT2D eigenvalue weighted by Gasteiger charge is -2.16. The zero-order chi connectivity index (χ0) is 34.2. The van der Waals surface area contributed by atoms with Gasteiger partial charge in [0.1, 0.15) is 0 Å². The Hall–Kier alpha value is -0.223. The third-order valence-corrected chi connectivity index (χ3v) is 7.82. The van der Waals surface area contributed by atoms with Crippen molar-refractivity contribution >= 4 is 8.32 Å². The molecule has 12 heteroatoms. The molecule has 0 unspecified atom stereocenters. The molecule has 0 rings (SSSR count). The Morgan fingerprint density at radius 3 is 0.723 bits per heavy atom. The molecule has 284 valence electrons. The molecule has 0 bridgehead atoms. The highest BCUT2D eigenvalue weighted by Crippen LogP contribution is 2.10. The van der Waals surface area contributed by atoms with E-state index in [1.165, 1.54) is 57.8 Å². The van der Waals surface area contributed by atoms with E-state index in [2.05, 4.69) is 26.6 Å². The van der Waals surface area contributed by atoms with Crippen LogP contribution in [0.3, 0.4) is 0 Å². The van der Waals surface area contributed by atoms with Crippen LogP contribution in [0.2, 0.25) is 19.6 Å². The first kappa shape index (κ1) is 46.8. The summed E-state index contributed by atoms with van der Waals surface area (Å²) in [6.07, 6.45) is 13.4. The maximum absolute atomic E-state index is 5.72. The number of rotatable bonds is 42. The molecule has 0 fully saturated rings. The molecule has 0 saturated heterocycles. The summed E-state index contributed by atoms with van der Waals surface area (Å²) in [5, 5.41) is 0. The van der Waals surface area contributed by atoms with Crippen molar-refractivity contribution in [2.45, 2.75) is 90.8 Å². The second kappa shape index (κ2) is 40.2. The van der Waals surface area contributed by atoms with Crippen molar-refractivity contribution in [3.8, 4) is 0 Å². The zero-order valence-corrected chi connectivity index (χ0v) is 31.9. The summed E-state index contributed by atoms with van der Waals surface area (Å²) in [5.41, 5.74) is 0. The number of hydrogen-bond acceptors (Lipinski definition) is 11. The van der Waals surface area contributed by atoms with E-state index in [1.54, 1.807) is 0 Å². The molecule has 0 N–H and O–H groups in total. The van der Waals surface area contributed by atoms with Crippen molar-refractivity contribution in [2.24, 2.45) is 0 Å². The van der Waals surface area contributed by atoms with Crippen LogP contribution in [0, 0.1) is 0 Å². The molecule has 0 amide bonds. The van der Waals surface area contributed by atoms with Gasteiger partial charge in [0.05, 0.1) is 132 Å². The Balaban J connectivity index is 3.05. The summed E-state index contributed by atoms with van der Waals surface area (Å²) in [7, 11) is -1.45. The van der Waals surface area contributed by atoms with Crippen LogP contribution in [-0.2, 0) is 51.8 Å². The standard InChI is InChI=1S/C35H74O11Si/c1-5-6-7-8-9-10-11-12-13-14-15-36-16-17-37-18-19-38-20-21-39-22-23-40-24-25-41-26-27-42-28-29-43-30-31-44-32-33-45-34-35-46-47(2,3)4/h5-35H2,1-4H3. The molecule has 0 aromatic rings. The average molecular weight is 699 g/mol. The van der Waals surface area contributed by atoms with Crippen LogP contribution in [0.1, 0.15) is 71.1 Å². The van der Waals surface area contributed by atoms with Gasteiger partial charge >= 0.3 is 0 Å². The molecular formula is C35H74O11Si. The lowest BCUT2D eigenvalue weighted by atomic mass is 10.1. The second-order valence-corrected chi connectivity index (χ2v) is 16.8. The highest BCUT2D eigenvalue weighted by atomic mass is 28.4. The highest BCUT2D eigenvalue weighted by Gasteiger charge is 2.13. The largest absolute Gasteiger partial charge is 0.415 e. The Morgan fingerprint density at radius 1 is 0.255 bits per heavy atom. The summed E-state index contributed by atoms with van der Waals surface area (Å²) >= 11 is 0. The third kappa shape index (κ3) is 45.8. The quantitative estimate of drug-likeness (QED) is 0.0561. The lowest BCUT2D eigenvalue weighted by molar-refractivity contribution is -0.0267. The zero-order valence-electron chi connectivity index (χ0n) is 30.9. The highest BCUT2D eigenvalue weighted by molar-refractivity contribution is 6.69. The molecule has 0 radical (unpaired) electrons. The van der Waals surface area contributed by atoms with Crippen molar-refractivity contribution in [1.82, 2.24) is 0 Å². The van der Waals surface area contributed by atoms with E-state index in [1.807, 2.05) is 0 Å². The monoisotopic (exact) mass is 699 g/mol. The number of hydrogen-bond donors (Lipinski definition) is 0. The lowest BCUT2D eigenvalue weighted by Crippen LogP contribution is -2.27. The molecule has 0 heterocycles. The van der Waals surface area contributed by atoms with Crippen molar-refractivity contribution in [2.75, 3.05) is 139 Å². The van der Waals surface area contributed by atoms with E-state index in [-0.39, 0.29) is 0 Å². The van der Waals surface area contributed by atoms with Gasteiger partial charge in [-0.1, -0.05) is 64.7 Å². The summed E-state index contributed by atoms with van der Waals surface area (Å²) in [4.78, 5) is 0. The van der Waals surface area contributed by atoms with E-state index in [9.17, 15) is 0 Å². The summed E-state index contributed by atoms with van der Waals surface area (Å²) in [5.74, 6) is 0. The van der Waals surface area contributed by atoms with E-state index >= 15 is 0 Å². The van der Waals surface area contributed by atoms with Crippen LogP contribution in [0.25, 0.3) is 0 Å². The van der Waals surface area contributed by atoms with Crippen molar-refractivity contribution in [3.63, 3.8) is 0 Å². The first-order chi connectivity index (χ1) is 23.1. The first-order valence-corrected chi connectivity index (χ1v) is 21.9. The van der Waals surface area contributed by atoms with E-state index < -0.39 is 8.32 Å². The molecule has 0 aliphatic rings. The van der Waals surface area contributed by atoms with Crippen LogP contribution < -0.4 is 0 Å². The van der Waals surface area contributed by atoms with E-state index in [0.29, 0.717) is 132 Å². The Labute approximate surface area is 289 Å². The van der Waals surface area contributed by atoms with Gasteiger partial charge in [-0.05, 0) is 26.1 Å². The Morgan fingerprint density at radius 2 is 0.468 bits per heavy atom. The fourth-order valence-electron chi connectivity index (χ4n) is 4.18. The van der Waals surface area contributed by atoms with Gasteiger partial charge in [0.15, 0.2) is 8.32 Å². The molecule has 0 aliphatic carbocycles. The number of unbranched alkanes of at least 4 members (excludes halogenated alkanes) is 9. The minimum Gasteiger partial charge on any atom is -0.415 e. The van der Waals surface area contributed by atoms with E-state index in [4.69, 9.17) is 51.8 Å². The molecule has 11 nitrogen and oxygen atoms in total. The van der Waals surface area contributed by atoms with Crippen molar-refractivity contribution < 1.29 is 51.8 Å². The van der Waals surface area contributed by atoms with Gasteiger partial charge in [0.2, 0.25) is 0 Å². The fraction of sp³-hybridized carbons (Fsp3) is 1.00. The SMILES string of the molecule is CCCCCCCCCCCCOCCOCCOCCOCCOCCOCCOCCOCCOCCOCCO[Si](C)(C)C. The van der Waals surface area contributed by atoms with Crippen LogP contribution in [-0.4, -0.2) is 147 Å². The minimum absolute atomic E-state index is 0.527. The third-order valence-electron chi connectivity index (χ3n) is 6.75. The summed E-state index contributed by atoms with van der Waals surface area (Å²) in [6, 6.07) is 0. The van der Waals surface area contributed by atoms with Gasteiger partial charge in [-0.15, -0.1) is 0 Å². The van der Waals surface area contributed by atoms with Gasteiger partial charge in [-0.3, -0.25) is 0 Å². The Kier molecular flexibility index (Phi) is 40.0. The van der Waals surface area contributed by atoms with Crippen LogP contribution in [0.5, 0.6) is 0 Å². The van der Waals surface area contributed by atoms with Gasteiger partial charge in [0.25, 0.3) is 0 Å². The molecule has 0 spiro atoms. The summed E-state index contributed by atoms with van der Waals surface area (Å²) in [6.45, 7) is 20.8. The van der Waals surface area contributed by atoms with Crippen LogP contribution in [0.15, 0.2) is 0 Å². The molecule has 0 saturated carbocycles. The number of ether oxygens (including phenoxy) is 10. The molecule has 47 heavy (non-hydrogen) atoms. The average Bonchev–Trinajstić information content (AvgIpc) is 3.05. The van der Waals surface area contributed by atoms with Crippen LogP contribution in [0.4, 0.5) is 0 Å². The topological polar surface area (TPSA) is 102 Å². The predicted molar refractivity (Wildman–Crippen MR) is 189 cm³/mol. The Bertz CT molecular complexity index is 570. The van der Waals surface area contributed by atoms with Crippen molar-refractivity contribution in [1.29, 1.82) is 0 Å². The normalized spacial score (nSPS) is 12.0. The molecule has 0 aromatic carbocycles. The van der Waals surface area contributed by atoms with Gasteiger partial charge in [-0.2, -0.15) is 0 Å². The molecule has 0 aliphatic heterocycles. The van der Waals surface area contributed by atoms with Crippen LogP contribution >= 0.6 is 0 Å². The second-order valence-electron chi connectivity index (χ2n) is 12.3. The summed E-state index contributed by atoms with van der Waals surface area (Å²) < 4.78 is 60.9. The maximum atomic E-state index is 5.72.